The first-order valence-electron chi connectivity index (χ1n) is 9.51. The minimum atomic E-state index is -4.54. The highest BCUT2D eigenvalue weighted by atomic mass is 32.2. The van der Waals surface area contributed by atoms with Gasteiger partial charge in [-0.1, -0.05) is 12.7 Å². The second-order valence-electron chi connectivity index (χ2n) is 6.82. The van der Waals surface area contributed by atoms with Crippen molar-refractivity contribution in [2.24, 2.45) is 0 Å². The van der Waals surface area contributed by atoms with E-state index in [1.54, 1.807) is 0 Å². The Kier molecular flexibility index (Phi) is 6.11. The summed E-state index contributed by atoms with van der Waals surface area (Å²) in [6, 6.07) is 2.42. The zero-order chi connectivity index (χ0) is 24.5. The number of H-pyrrole nitrogens is 1. The molecule has 0 amide bonds. The summed E-state index contributed by atoms with van der Waals surface area (Å²) >= 11 is 0. The minimum absolute atomic E-state index is 0.184. The number of nitrogens with zero attached hydrogens (tertiary/aromatic N) is 3. The third kappa shape index (κ3) is 4.24. The van der Waals surface area contributed by atoms with Crippen LogP contribution in [0.5, 0.6) is 11.6 Å². The predicted octanol–water partition coefficient (Wildman–Crippen LogP) is 3.80. The van der Waals surface area contributed by atoms with Crippen molar-refractivity contribution in [3.63, 3.8) is 0 Å². The average Bonchev–Trinajstić information content (AvgIpc) is 3.29. The van der Waals surface area contributed by atoms with Crippen LogP contribution in [0.1, 0.15) is 11.1 Å². The third-order valence-corrected chi connectivity index (χ3v) is 6.12. The summed E-state index contributed by atoms with van der Waals surface area (Å²) in [6.07, 6.45) is 5.08. The summed E-state index contributed by atoms with van der Waals surface area (Å²) in [7, 11) is -3.40. The minimum Gasteiger partial charge on any atom is -0.486 e. The highest BCUT2D eigenvalue weighted by molar-refractivity contribution is 7.92. The van der Waals surface area contributed by atoms with E-state index in [1.807, 2.05) is 4.72 Å². The van der Waals surface area contributed by atoms with Crippen LogP contribution in [0.4, 0.5) is 18.9 Å². The fourth-order valence-corrected chi connectivity index (χ4v) is 4.33. The second kappa shape index (κ2) is 9.02. The van der Waals surface area contributed by atoms with E-state index < -0.39 is 56.1 Å². The number of anilines is 1. The molecule has 0 atom stereocenters. The Balaban J connectivity index is 1.64. The van der Waals surface area contributed by atoms with Crippen LogP contribution >= 0.6 is 0 Å². The Morgan fingerprint density at radius 3 is 2.71 bits per heavy atom. The molecule has 1 aromatic carbocycles. The van der Waals surface area contributed by atoms with Gasteiger partial charge in [0.1, 0.15) is 24.0 Å². The zero-order valence-electron chi connectivity index (χ0n) is 17.5. The van der Waals surface area contributed by atoms with E-state index in [-0.39, 0.29) is 5.75 Å². The van der Waals surface area contributed by atoms with Gasteiger partial charge in [-0.25, -0.2) is 31.6 Å². The molecule has 3 heterocycles. The topological polar surface area (TPSA) is 119 Å². The van der Waals surface area contributed by atoms with Gasteiger partial charge in [-0.2, -0.15) is 5.10 Å². The molecule has 0 unspecified atom stereocenters. The lowest BCUT2D eigenvalue weighted by Gasteiger charge is -2.15. The number of rotatable bonds is 8. The standard InChI is InChI=1S/C21H16F3N5O4S/c1-3-12-13-8-27-28-20(13)25-9-17(12)33-10-14-15(23)4-5-16(19(14)24)29-34(30,31)18-6-11(22)7-26-21(18)32-2/h3-9,29H,1,10H2,2H3,(H,25,27,28). The van der Waals surface area contributed by atoms with Crippen LogP contribution in [0.25, 0.3) is 17.1 Å². The van der Waals surface area contributed by atoms with Gasteiger partial charge in [-0.3, -0.25) is 9.82 Å². The zero-order valence-corrected chi connectivity index (χ0v) is 18.3. The van der Waals surface area contributed by atoms with Gasteiger partial charge < -0.3 is 9.47 Å². The van der Waals surface area contributed by atoms with Crippen molar-refractivity contribution in [2.45, 2.75) is 11.5 Å². The Morgan fingerprint density at radius 1 is 1.18 bits per heavy atom. The van der Waals surface area contributed by atoms with E-state index >= 15 is 4.39 Å². The number of ether oxygens (including phenoxy) is 2. The Bertz CT molecular complexity index is 1510. The first-order chi connectivity index (χ1) is 16.2. The molecule has 176 valence electrons. The summed E-state index contributed by atoms with van der Waals surface area (Å²) in [6.45, 7) is 3.11. The van der Waals surface area contributed by atoms with Gasteiger partial charge in [0.25, 0.3) is 10.0 Å². The van der Waals surface area contributed by atoms with Crippen LogP contribution in [0, 0.1) is 17.5 Å². The van der Waals surface area contributed by atoms with Crippen molar-refractivity contribution in [1.82, 2.24) is 20.2 Å². The van der Waals surface area contributed by atoms with E-state index in [1.165, 1.54) is 18.5 Å². The van der Waals surface area contributed by atoms with Gasteiger partial charge in [0.15, 0.2) is 16.4 Å². The number of halogens is 3. The lowest BCUT2D eigenvalue weighted by Crippen LogP contribution is -2.17. The largest absolute Gasteiger partial charge is 0.486 e. The molecule has 4 aromatic rings. The molecule has 0 radical (unpaired) electrons. The summed E-state index contributed by atoms with van der Waals surface area (Å²) in [5, 5.41) is 7.14. The molecule has 3 aromatic heterocycles. The molecule has 9 nitrogen and oxygen atoms in total. The molecule has 34 heavy (non-hydrogen) atoms. The maximum atomic E-state index is 15.1. The number of aromatic nitrogens is 4. The van der Waals surface area contributed by atoms with Crippen molar-refractivity contribution in [3.05, 3.63) is 71.9 Å². The van der Waals surface area contributed by atoms with E-state index in [4.69, 9.17) is 9.47 Å². The highest BCUT2D eigenvalue weighted by Gasteiger charge is 2.25. The number of sulfonamides is 1. The van der Waals surface area contributed by atoms with Crippen molar-refractivity contribution in [3.8, 4) is 11.6 Å². The first-order valence-corrected chi connectivity index (χ1v) is 11.0. The smallest absolute Gasteiger partial charge is 0.267 e. The van der Waals surface area contributed by atoms with Gasteiger partial charge in [0.2, 0.25) is 5.88 Å². The summed E-state index contributed by atoms with van der Waals surface area (Å²) < 4.78 is 80.9. The number of fused-ring (bicyclic) bond motifs is 1. The molecule has 0 bridgehead atoms. The molecule has 13 heteroatoms. The maximum Gasteiger partial charge on any atom is 0.267 e. The van der Waals surface area contributed by atoms with Crippen LogP contribution in [0.15, 0.2) is 48.3 Å². The maximum absolute atomic E-state index is 15.1. The Morgan fingerprint density at radius 2 is 1.97 bits per heavy atom. The molecule has 0 aliphatic rings. The van der Waals surface area contributed by atoms with Crippen LogP contribution in [0.3, 0.4) is 0 Å². The second-order valence-corrected chi connectivity index (χ2v) is 8.47. The van der Waals surface area contributed by atoms with Crippen molar-refractivity contribution in [2.75, 3.05) is 11.8 Å². The molecule has 0 spiro atoms. The molecule has 4 rings (SSSR count). The fraction of sp³-hybridized carbons (Fsp3) is 0.0952. The number of nitrogens with one attached hydrogen (secondary N) is 2. The number of benzene rings is 1. The Hall–Kier alpha value is -4.13. The quantitative estimate of drug-likeness (QED) is 0.385. The molecule has 0 saturated carbocycles. The van der Waals surface area contributed by atoms with Crippen LogP contribution in [-0.2, 0) is 16.6 Å². The van der Waals surface area contributed by atoms with E-state index in [9.17, 15) is 17.2 Å². The molecule has 0 aliphatic carbocycles. The SMILES string of the molecule is C=Cc1c(OCc2c(F)ccc(NS(=O)(=O)c3cc(F)cnc3OC)c2F)cnc2[nH]ncc12. The lowest BCUT2D eigenvalue weighted by atomic mass is 10.1. The summed E-state index contributed by atoms with van der Waals surface area (Å²) in [5.41, 5.74) is -0.161. The number of pyridine rings is 2. The number of methoxy groups -OCH3 is 1. The van der Waals surface area contributed by atoms with Gasteiger partial charge in [-0.05, 0) is 12.1 Å². The van der Waals surface area contributed by atoms with Crippen LogP contribution < -0.4 is 14.2 Å². The van der Waals surface area contributed by atoms with Gasteiger partial charge in [0.05, 0.1) is 37.0 Å². The molecule has 0 fully saturated rings. The van der Waals surface area contributed by atoms with E-state index in [0.717, 1.165) is 25.4 Å². The highest BCUT2D eigenvalue weighted by Crippen LogP contribution is 2.30. The molecule has 2 N–H and O–H groups in total. The van der Waals surface area contributed by atoms with Crippen molar-refractivity contribution < 1.29 is 31.1 Å². The number of hydrogen-bond acceptors (Lipinski definition) is 7. The summed E-state index contributed by atoms with van der Waals surface area (Å²) in [4.78, 5) is 7.00. The monoisotopic (exact) mass is 491 g/mol. The Labute approximate surface area is 191 Å². The fourth-order valence-electron chi connectivity index (χ4n) is 3.14. The number of hydrogen-bond donors (Lipinski definition) is 2. The predicted molar refractivity (Wildman–Crippen MR) is 116 cm³/mol. The molecular formula is C21H16F3N5O4S. The molecule has 0 aliphatic heterocycles. The molecular weight excluding hydrogens is 475 g/mol. The summed E-state index contributed by atoms with van der Waals surface area (Å²) in [5.74, 6) is -3.35. The molecule has 0 saturated heterocycles. The number of aromatic amines is 1. The van der Waals surface area contributed by atoms with Gasteiger partial charge in [-0.15, -0.1) is 0 Å². The van der Waals surface area contributed by atoms with Crippen molar-refractivity contribution in [1.29, 1.82) is 0 Å². The van der Waals surface area contributed by atoms with Gasteiger partial charge in [0, 0.05) is 17.0 Å². The van der Waals surface area contributed by atoms with Crippen molar-refractivity contribution >= 4 is 32.8 Å². The van der Waals surface area contributed by atoms with Gasteiger partial charge >= 0.3 is 0 Å². The first kappa shape index (κ1) is 23.0. The average molecular weight is 491 g/mol. The third-order valence-electron chi connectivity index (χ3n) is 4.76. The van der Waals surface area contributed by atoms with E-state index in [0.29, 0.717) is 22.7 Å². The normalized spacial score (nSPS) is 11.4. The van der Waals surface area contributed by atoms with Crippen LogP contribution in [0.2, 0.25) is 0 Å². The van der Waals surface area contributed by atoms with E-state index in [2.05, 4.69) is 26.7 Å². The lowest BCUT2D eigenvalue weighted by molar-refractivity contribution is 0.291. The van der Waals surface area contributed by atoms with Crippen LogP contribution in [-0.4, -0.2) is 35.7 Å².